The van der Waals surface area contributed by atoms with Crippen molar-refractivity contribution in [2.24, 2.45) is 0 Å². The summed E-state index contributed by atoms with van der Waals surface area (Å²) in [5.41, 5.74) is -0.856. The van der Waals surface area contributed by atoms with Gasteiger partial charge < -0.3 is 20.1 Å². The molecule has 1 amide bonds. The minimum atomic E-state index is -0.856. The van der Waals surface area contributed by atoms with Crippen molar-refractivity contribution in [2.75, 3.05) is 26.7 Å². The van der Waals surface area contributed by atoms with Crippen LogP contribution in [0, 0.1) is 0 Å². The molecule has 1 aliphatic rings. The van der Waals surface area contributed by atoms with Crippen molar-refractivity contribution in [1.29, 1.82) is 0 Å². The van der Waals surface area contributed by atoms with Crippen LogP contribution in [0.1, 0.15) is 27.2 Å². The van der Waals surface area contributed by atoms with Crippen molar-refractivity contribution >= 4 is 5.91 Å². The van der Waals surface area contributed by atoms with E-state index in [1.165, 1.54) is 0 Å². The van der Waals surface area contributed by atoms with Gasteiger partial charge in [-0.05, 0) is 27.2 Å². The Bertz CT molecular complexity index is 263. The Morgan fingerprint density at radius 1 is 1.59 bits per heavy atom. The smallest absolute Gasteiger partial charge is 0.239 e. The molecule has 1 heterocycles. The fraction of sp³-hybridized carbons (Fsp3) is 0.917. The molecule has 2 unspecified atom stereocenters. The highest BCUT2D eigenvalue weighted by molar-refractivity contribution is 5.82. The normalized spacial score (nSPS) is 25.0. The van der Waals surface area contributed by atoms with E-state index < -0.39 is 5.60 Å². The number of carbonyl (C=O) groups is 1. The van der Waals surface area contributed by atoms with E-state index in [0.717, 1.165) is 0 Å². The van der Waals surface area contributed by atoms with Crippen molar-refractivity contribution in [2.45, 2.75) is 44.9 Å². The third-order valence-corrected chi connectivity index (χ3v) is 2.99. The molecule has 2 atom stereocenters. The van der Waals surface area contributed by atoms with Gasteiger partial charge in [-0.25, -0.2) is 0 Å². The third kappa shape index (κ3) is 4.26. The zero-order valence-electron chi connectivity index (χ0n) is 11.2. The SMILES string of the molecule is CCN(CC(C)(C)O)C(=O)C1CC(OC)CN1. The summed E-state index contributed by atoms with van der Waals surface area (Å²) >= 11 is 0. The molecule has 0 aromatic rings. The van der Waals surface area contributed by atoms with Crippen LogP contribution < -0.4 is 5.32 Å². The van der Waals surface area contributed by atoms with E-state index in [0.29, 0.717) is 26.1 Å². The number of aliphatic hydroxyl groups is 1. The molecule has 1 saturated heterocycles. The molecule has 0 radical (unpaired) electrons. The van der Waals surface area contributed by atoms with Gasteiger partial charge in [0.1, 0.15) is 0 Å². The molecule has 1 fully saturated rings. The topological polar surface area (TPSA) is 61.8 Å². The summed E-state index contributed by atoms with van der Waals surface area (Å²) in [4.78, 5) is 13.9. The lowest BCUT2D eigenvalue weighted by Crippen LogP contribution is -2.48. The van der Waals surface area contributed by atoms with E-state index >= 15 is 0 Å². The van der Waals surface area contributed by atoms with Crippen LogP contribution in [0.2, 0.25) is 0 Å². The second-order valence-electron chi connectivity index (χ2n) is 5.22. The summed E-state index contributed by atoms with van der Waals surface area (Å²) in [7, 11) is 1.66. The third-order valence-electron chi connectivity index (χ3n) is 2.99. The highest BCUT2D eigenvalue weighted by Crippen LogP contribution is 2.14. The van der Waals surface area contributed by atoms with E-state index in [9.17, 15) is 9.90 Å². The van der Waals surface area contributed by atoms with Crippen LogP contribution in [0.15, 0.2) is 0 Å². The van der Waals surface area contributed by atoms with Crippen molar-refractivity contribution in [1.82, 2.24) is 10.2 Å². The number of likely N-dealkylation sites (N-methyl/N-ethyl adjacent to an activating group) is 1. The first-order valence-electron chi connectivity index (χ1n) is 6.14. The highest BCUT2D eigenvalue weighted by Gasteiger charge is 2.33. The lowest BCUT2D eigenvalue weighted by atomic mass is 10.1. The number of nitrogens with one attached hydrogen (secondary N) is 1. The lowest BCUT2D eigenvalue weighted by Gasteiger charge is -2.30. The van der Waals surface area contributed by atoms with Crippen molar-refractivity contribution in [3.05, 3.63) is 0 Å². The molecule has 0 saturated carbocycles. The minimum Gasteiger partial charge on any atom is -0.389 e. The van der Waals surface area contributed by atoms with Gasteiger partial charge in [0.2, 0.25) is 5.91 Å². The van der Waals surface area contributed by atoms with E-state index in [1.54, 1.807) is 25.9 Å². The van der Waals surface area contributed by atoms with Gasteiger partial charge in [0.05, 0.1) is 17.7 Å². The number of carbonyl (C=O) groups excluding carboxylic acids is 1. The molecular formula is C12H24N2O3. The predicted molar refractivity (Wildman–Crippen MR) is 65.8 cm³/mol. The van der Waals surface area contributed by atoms with Crippen molar-refractivity contribution in [3.63, 3.8) is 0 Å². The first-order chi connectivity index (χ1) is 7.87. The summed E-state index contributed by atoms with van der Waals surface area (Å²) < 4.78 is 5.22. The molecule has 0 spiro atoms. The Kier molecular flexibility index (Phi) is 4.91. The Morgan fingerprint density at radius 3 is 2.65 bits per heavy atom. The molecule has 0 aliphatic carbocycles. The van der Waals surface area contributed by atoms with Crippen molar-refractivity contribution < 1.29 is 14.6 Å². The summed E-state index contributed by atoms with van der Waals surface area (Å²) in [6.45, 7) is 7.03. The molecule has 0 aromatic heterocycles. The molecule has 0 bridgehead atoms. The molecule has 5 heteroatoms. The number of amides is 1. The quantitative estimate of drug-likeness (QED) is 0.713. The molecule has 1 aliphatic heterocycles. The Balaban J connectivity index is 2.55. The standard InChI is InChI=1S/C12H24N2O3/c1-5-14(8-12(2,3)16)11(15)10-6-9(17-4)7-13-10/h9-10,13,16H,5-8H2,1-4H3. The fourth-order valence-corrected chi connectivity index (χ4v) is 2.10. The number of nitrogens with zero attached hydrogens (tertiary/aromatic N) is 1. The number of hydrogen-bond acceptors (Lipinski definition) is 4. The lowest BCUT2D eigenvalue weighted by molar-refractivity contribution is -0.136. The van der Waals surface area contributed by atoms with Crippen molar-refractivity contribution in [3.8, 4) is 0 Å². The van der Waals surface area contributed by atoms with Gasteiger partial charge in [0, 0.05) is 26.7 Å². The minimum absolute atomic E-state index is 0.0502. The predicted octanol–water partition coefficient (Wildman–Crippen LogP) is -0.0173. The molecule has 100 valence electrons. The molecule has 0 aromatic carbocycles. The number of rotatable bonds is 5. The Morgan fingerprint density at radius 2 is 2.24 bits per heavy atom. The second-order valence-corrected chi connectivity index (χ2v) is 5.22. The highest BCUT2D eigenvalue weighted by atomic mass is 16.5. The summed E-state index contributed by atoms with van der Waals surface area (Å²) in [6, 6.07) is -0.178. The van der Waals surface area contributed by atoms with Crippen LogP contribution in [0.4, 0.5) is 0 Å². The molecule has 1 rings (SSSR count). The number of ether oxygens (including phenoxy) is 1. The van der Waals surface area contributed by atoms with Crippen LogP contribution in [0.3, 0.4) is 0 Å². The Labute approximate surface area is 103 Å². The van der Waals surface area contributed by atoms with Crippen LogP contribution in [-0.4, -0.2) is 60.4 Å². The molecule has 5 nitrogen and oxygen atoms in total. The first kappa shape index (κ1) is 14.4. The number of methoxy groups -OCH3 is 1. The molecule has 2 N–H and O–H groups in total. The zero-order valence-corrected chi connectivity index (χ0v) is 11.2. The van der Waals surface area contributed by atoms with Gasteiger partial charge in [0.15, 0.2) is 0 Å². The van der Waals surface area contributed by atoms with Crippen LogP contribution in [-0.2, 0) is 9.53 Å². The molecular weight excluding hydrogens is 220 g/mol. The van der Waals surface area contributed by atoms with Gasteiger partial charge in [-0.15, -0.1) is 0 Å². The van der Waals surface area contributed by atoms with Crippen LogP contribution in [0.25, 0.3) is 0 Å². The summed E-state index contributed by atoms with van der Waals surface area (Å²) in [6.07, 6.45) is 0.822. The van der Waals surface area contributed by atoms with Crippen LogP contribution >= 0.6 is 0 Å². The summed E-state index contributed by atoms with van der Waals surface area (Å²) in [5, 5.41) is 12.9. The van der Waals surface area contributed by atoms with E-state index in [1.807, 2.05) is 6.92 Å². The molecule has 17 heavy (non-hydrogen) atoms. The zero-order chi connectivity index (χ0) is 13.1. The van der Waals surface area contributed by atoms with Gasteiger partial charge in [-0.2, -0.15) is 0 Å². The Hall–Kier alpha value is -0.650. The van der Waals surface area contributed by atoms with Crippen LogP contribution in [0.5, 0.6) is 0 Å². The van der Waals surface area contributed by atoms with E-state index in [4.69, 9.17) is 4.74 Å². The van der Waals surface area contributed by atoms with Gasteiger partial charge in [0.25, 0.3) is 0 Å². The maximum Gasteiger partial charge on any atom is 0.239 e. The van der Waals surface area contributed by atoms with E-state index in [-0.39, 0.29) is 18.1 Å². The monoisotopic (exact) mass is 244 g/mol. The number of hydrogen-bond donors (Lipinski definition) is 2. The average molecular weight is 244 g/mol. The van der Waals surface area contributed by atoms with E-state index in [2.05, 4.69) is 5.32 Å². The first-order valence-corrected chi connectivity index (χ1v) is 6.14. The fourth-order valence-electron chi connectivity index (χ4n) is 2.10. The second kappa shape index (κ2) is 5.80. The van der Waals surface area contributed by atoms with Gasteiger partial charge in [-0.3, -0.25) is 4.79 Å². The van der Waals surface area contributed by atoms with Gasteiger partial charge in [-0.1, -0.05) is 0 Å². The largest absolute Gasteiger partial charge is 0.389 e. The average Bonchev–Trinajstić information content (AvgIpc) is 2.72. The maximum atomic E-state index is 12.2. The maximum absolute atomic E-state index is 12.2. The van der Waals surface area contributed by atoms with Gasteiger partial charge >= 0.3 is 0 Å². The summed E-state index contributed by atoms with van der Waals surface area (Å²) in [5.74, 6) is 0.0502.